The SMILES string of the molecule is O=C1C2CSCN2C(=O)N1c1ccn(CCF)n1. The number of fused-ring (bicyclic) bond motifs is 1. The molecule has 6 nitrogen and oxygen atoms in total. The summed E-state index contributed by atoms with van der Waals surface area (Å²) >= 11 is 1.57. The Balaban J connectivity index is 1.87. The normalized spacial score (nSPS) is 23.1. The number of hydrogen-bond acceptors (Lipinski definition) is 4. The molecule has 3 amide bonds. The van der Waals surface area contributed by atoms with E-state index in [4.69, 9.17) is 0 Å². The van der Waals surface area contributed by atoms with E-state index in [-0.39, 0.29) is 30.3 Å². The molecule has 0 radical (unpaired) electrons. The van der Waals surface area contributed by atoms with Gasteiger partial charge in [-0.3, -0.25) is 9.48 Å². The monoisotopic (exact) mass is 270 g/mol. The summed E-state index contributed by atoms with van der Waals surface area (Å²) in [6.07, 6.45) is 1.56. The first-order chi connectivity index (χ1) is 8.72. The number of alkyl halides is 1. The summed E-state index contributed by atoms with van der Waals surface area (Å²) in [5.74, 6) is 1.21. The molecule has 96 valence electrons. The van der Waals surface area contributed by atoms with Crippen LogP contribution in [0.15, 0.2) is 12.3 Å². The molecule has 2 saturated heterocycles. The largest absolute Gasteiger partial charge is 0.334 e. The summed E-state index contributed by atoms with van der Waals surface area (Å²) in [5, 5.41) is 4.04. The summed E-state index contributed by atoms with van der Waals surface area (Å²) < 4.78 is 13.6. The number of amides is 3. The average Bonchev–Trinajstić information content (AvgIpc) is 3.01. The molecule has 0 aliphatic carbocycles. The van der Waals surface area contributed by atoms with Crippen molar-refractivity contribution in [2.45, 2.75) is 12.6 Å². The molecule has 0 aromatic carbocycles. The Bertz CT molecular complexity index is 484. The second-order valence-corrected chi connectivity index (χ2v) is 5.07. The van der Waals surface area contributed by atoms with E-state index in [0.717, 1.165) is 4.90 Å². The van der Waals surface area contributed by atoms with E-state index in [1.165, 1.54) is 4.68 Å². The first kappa shape index (κ1) is 11.5. The van der Waals surface area contributed by atoms with Crippen LogP contribution >= 0.6 is 11.8 Å². The Hall–Kier alpha value is -1.57. The number of rotatable bonds is 3. The van der Waals surface area contributed by atoms with Crippen LogP contribution < -0.4 is 4.90 Å². The first-order valence-corrected chi connectivity index (χ1v) is 6.69. The predicted molar refractivity (Wildman–Crippen MR) is 64.0 cm³/mol. The Morgan fingerprint density at radius 1 is 1.50 bits per heavy atom. The lowest BCUT2D eigenvalue weighted by Crippen LogP contribution is -2.33. The van der Waals surface area contributed by atoms with E-state index >= 15 is 0 Å². The van der Waals surface area contributed by atoms with E-state index < -0.39 is 6.67 Å². The van der Waals surface area contributed by atoms with Crippen LogP contribution in [0.1, 0.15) is 0 Å². The van der Waals surface area contributed by atoms with Gasteiger partial charge in [0, 0.05) is 18.0 Å². The number of nitrogens with zero attached hydrogens (tertiary/aromatic N) is 4. The number of anilines is 1. The highest BCUT2D eigenvalue weighted by molar-refractivity contribution is 7.99. The fourth-order valence-electron chi connectivity index (χ4n) is 2.10. The van der Waals surface area contributed by atoms with Gasteiger partial charge in [0.1, 0.15) is 12.7 Å². The second kappa shape index (κ2) is 4.27. The number of halogens is 1. The number of carbonyl (C=O) groups excluding carboxylic acids is 2. The third kappa shape index (κ3) is 1.59. The molecule has 1 atom stereocenters. The lowest BCUT2D eigenvalue weighted by Gasteiger charge is -2.12. The highest BCUT2D eigenvalue weighted by Gasteiger charge is 2.49. The number of aryl methyl sites for hydroxylation is 1. The molecule has 0 spiro atoms. The van der Waals surface area contributed by atoms with Gasteiger partial charge >= 0.3 is 6.03 Å². The Kier molecular flexibility index (Phi) is 2.73. The Morgan fingerprint density at radius 3 is 3.06 bits per heavy atom. The van der Waals surface area contributed by atoms with Crippen LogP contribution in [-0.4, -0.2) is 51.0 Å². The molecule has 2 aliphatic rings. The van der Waals surface area contributed by atoms with Crippen molar-refractivity contribution in [2.75, 3.05) is 23.2 Å². The number of urea groups is 1. The summed E-state index contributed by atoms with van der Waals surface area (Å²) in [5.41, 5.74) is 0. The van der Waals surface area contributed by atoms with Crippen LogP contribution in [0.2, 0.25) is 0 Å². The van der Waals surface area contributed by atoms with Crippen molar-refractivity contribution >= 4 is 29.5 Å². The number of thioether (sulfide) groups is 1. The third-order valence-corrected chi connectivity index (χ3v) is 4.01. The van der Waals surface area contributed by atoms with Crippen molar-refractivity contribution in [1.29, 1.82) is 0 Å². The highest BCUT2D eigenvalue weighted by atomic mass is 32.2. The van der Waals surface area contributed by atoms with Gasteiger partial charge < -0.3 is 4.90 Å². The fraction of sp³-hybridized carbons (Fsp3) is 0.500. The molecule has 3 rings (SSSR count). The molecule has 0 bridgehead atoms. The number of carbonyl (C=O) groups is 2. The standard InChI is InChI=1S/C10H11FN4O2S/c11-2-4-13-3-1-8(12-13)15-9(16)7-5-18-6-14(7)10(15)17/h1,3,7H,2,4-6H2. The molecular weight excluding hydrogens is 259 g/mol. The second-order valence-electron chi connectivity index (χ2n) is 4.07. The van der Waals surface area contributed by atoms with Gasteiger partial charge in [-0.15, -0.1) is 11.8 Å². The smallest absolute Gasteiger partial charge is 0.302 e. The average molecular weight is 270 g/mol. The van der Waals surface area contributed by atoms with E-state index in [1.807, 2.05) is 0 Å². The van der Waals surface area contributed by atoms with Crippen LogP contribution in [0.25, 0.3) is 0 Å². The van der Waals surface area contributed by atoms with Crippen LogP contribution in [-0.2, 0) is 11.3 Å². The van der Waals surface area contributed by atoms with E-state index in [1.54, 1.807) is 28.9 Å². The minimum Gasteiger partial charge on any atom is -0.302 e. The van der Waals surface area contributed by atoms with Gasteiger partial charge in [0.2, 0.25) is 0 Å². The van der Waals surface area contributed by atoms with Gasteiger partial charge in [-0.05, 0) is 0 Å². The third-order valence-electron chi connectivity index (χ3n) is 2.99. The van der Waals surface area contributed by atoms with Crippen LogP contribution in [0.4, 0.5) is 15.0 Å². The summed E-state index contributed by atoms with van der Waals surface area (Å²) in [6.45, 7) is -0.409. The predicted octanol–water partition coefficient (Wildman–Crippen LogP) is 0.694. The number of hydrogen-bond donors (Lipinski definition) is 0. The molecular formula is C10H11FN4O2S. The minimum absolute atomic E-state index is 0.124. The van der Waals surface area contributed by atoms with Gasteiger partial charge in [-0.25, -0.2) is 14.1 Å². The maximum atomic E-state index is 12.2. The minimum atomic E-state index is -0.533. The van der Waals surface area contributed by atoms with Crippen molar-refractivity contribution in [3.8, 4) is 0 Å². The van der Waals surface area contributed by atoms with Crippen molar-refractivity contribution in [3.05, 3.63) is 12.3 Å². The molecule has 2 aliphatic heterocycles. The maximum Gasteiger partial charge on any atom is 0.334 e. The maximum absolute atomic E-state index is 12.2. The van der Waals surface area contributed by atoms with Gasteiger partial charge in [0.25, 0.3) is 5.91 Å². The van der Waals surface area contributed by atoms with Crippen LogP contribution in [0.3, 0.4) is 0 Å². The molecule has 0 saturated carbocycles. The molecule has 0 N–H and O–H groups in total. The van der Waals surface area contributed by atoms with Gasteiger partial charge in [0.15, 0.2) is 5.82 Å². The zero-order valence-electron chi connectivity index (χ0n) is 9.45. The summed E-state index contributed by atoms with van der Waals surface area (Å²) in [6, 6.07) is 0.857. The zero-order chi connectivity index (χ0) is 12.7. The van der Waals surface area contributed by atoms with Crippen molar-refractivity contribution in [3.63, 3.8) is 0 Å². The Labute approximate surface area is 107 Å². The van der Waals surface area contributed by atoms with E-state index in [2.05, 4.69) is 5.10 Å². The summed E-state index contributed by atoms with van der Waals surface area (Å²) in [4.78, 5) is 26.8. The lowest BCUT2D eigenvalue weighted by atomic mass is 10.3. The van der Waals surface area contributed by atoms with Crippen molar-refractivity contribution < 1.29 is 14.0 Å². The fourth-order valence-corrected chi connectivity index (χ4v) is 3.24. The van der Waals surface area contributed by atoms with Crippen molar-refractivity contribution in [1.82, 2.24) is 14.7 Å². The van der Waals surface area contributed by atoms with E-state index in [9.17, 15) is 14.0 Å². The molecule has 8 heteroatoms. The van der Waals surface area contributed by atoms with E-state index in [0.29, 0.717) is 11.6 Å². The first-order valence-electron chi connectivity index (χ1n) is 5.54. The lowest BCUT2D eigenvalue weighted by molar-refractivity contribution is -0.118. The van der Waals surface area contributed by atoms with Gasteiger partial charge in [0.05, 0.1) is 12.4 Å². The highest BCUT2D eigenvalue weighted by Crippen LogP contribution is 2.31. The Morgan fingerprint density at radius 2 is 2.33 bits per heavy atom. The van der Waals surface area contributed by atoms with Crippen LogP contribution in [0, 0.1) is 0 Å². The molecule has 3 heterocycles. The molecule has 1 aromatic heterocycles. The number of imide groups is 1. The molecule has 2 fully saturated rings. The van der Waals surface area contributed by atoms with Crippen LogP contribution in [0.5, 0.6) is 0 Å². The quantitative estimate of drug-likeness (QED) is 0.758. The molecule has 1 unspecified atom stereocenters. The topological polar surface area (TPSA) is 58.4 Å². The number of aromatic nitrogens is 2. The van der Waals surface area contributed by atoms with Crippen molar-refractivity contribution in [2.24, 2.45) is 0 Å². The summed E-state index contributed by atoms with van der Waals surface area (Å²) in [7, 11) is 0. The van der Waals surface area contributed by atoms with Gasteiger partial charge in [-0.2, -0.15) is 5.10 Å². The zero-order valence-corrected chi connectivity index (χ0v) is 10.3. The molecule has 1 aromatic rings. The molecule has 18 heavy (non-hydrogen) atoms. The van der Waals surface area contributed by atoms with Gasteiger partial charge in [-0.1, -0.05) is 0 Å².